The predicted octanol–water partition coefficient (Wildman–Crippen LogP) is 0.0524. The highest BCUT2D eigenvalue weighted by atomic mass is 15.3. The molecule has 0 unspecified atom stereocenters. The largest absolute Gasteiger partial charge is 0.315 e. The third kappa shape index (κ3) is 0.523. The maximum absolute atomic E-state index is 3.47. The van der Waals surface area contributed by atoms with Gasteiger partial charge in [-0.25, -0.2) is 0 Å². The second kappa shape index (κ2) is 1.74. The molecule has 3 aliphatic heterocycles. The molecule has 3 fully saturated rings. The Kier molecular flexibility index (Phi) is 0.968. The molecule has 0 aromatic rings. The molecule has 0 bridgehead atoms. The van der Waals surface area contributed by atoms with Crippen molar-refractivity contribution in [2.24, 2.45) is 5.92 Å². The van der Waals surface area contributed by atoms with Gasteiger partial charge < -0.3 is 5.32 Å². The first-order valence-corrected chi connectivity index (χ1v) is 4.41. The normalized spacial score (nSPS) is 52.2. The van der Waals surface area contributed by atoms with Crippen LogP contribution >= 0.6 is 0 Å². The molecule has 10 heavy (non-hydrogen) atoms. The van der Waals surface area contributed by atoms with Crippen molar-refractivity contribution in [3.63, 3.8) is 0 Å². The molecular formula is C8H14N2. The molecule has 2 heteroatoms. The van der Waals surface area contributed by atoms with Gasteiger partial charge in [0, 0.05) is 25.2 Å². The highest BCUT2D eigenvalue weighted by molar-refractivity contribution is 5.04. The topological polar surface area (TPSA) is 15.3 Å². The Bertz CT molecular complexity index is 155. The molecule has 0 aliphatic carbocycles. The Balaban J connectivity index is 1.85. The van der Waals surface area contributed by atoms with Gasteiger partial charge in [-0.05, 0) is 25.3 Å². The first-order chi connectivity index (χ1) is 4.95. The van der Waals surface area contributed by atoms with Crippen LogP contribution in [0, 0.1) is 5.92 Å². The van der Waals surface area contributed by atoms with Crippen LogP contribution < -0.4 is 5.32 Å². The summed E-state index contributed by atoms with van der Waals surface area (Å²) in [5, 5.41) is 3.47. The van der Waals surface area contributed by atoms with Gasteiger partial charge in [0.05, 0.1) is 0 Å². The molecule has 3 rings (SSSR count). The summed E-state index contributed by atoms with van der Waals surface area (Å²) in [6.45, 7) is 3.94. The van der Waals surface area contributed by atoms with E-state index in [1.54, 1.807) is 0 Å². The fourth-order valence-electron chi connectivity index (χ4n) is 2.85. The summed E-state index contributed by atoms with van der Waals surface area (Å²) >= 11 is 0. The van der Waals surface area contributed by atoms with Gasteiger partial charge in [0.1, 0.15) is 0 Å². The Morgan fingerprint density at radius 2 is 2.30 bits per heavy atom. The van der Waals surface area contributed by atoms with Gasteiger partial charge in [-0.15, -0.1) is 0 Å². The average molecular weight is 138 g/mol. The summed E-state index contributed by atoms with van der Waals surface area (Å²) in [5.74, 6) is 1.01. The van der Waals surface area contributed by atoms with Crippen LogP contribution in [0.4, 0.5) is 0 Å². The van der Waals surface area contributed by atoms with Crippen LogP contribution in [0.2, 0.25) is 0 Å². The zero-order chi connectivity index (χ0) is 6.55. The minimum atomic E-state index is 0.929. The lowest BCUT2D eigenvalue weighted by atomic mass is 10.0. The fraction of sp³-hybridized carbons (Fsp3) is 1.00. The summed E-state index contributed by atoms with van der Waals surface area (Å²) in [6.07, 6.45) is 2.96. The third-order valence-corrected chi connectivity index (χ3v) is 3.49. The molecule has 1 N–H and O–H groups in total. The van der Waals surface area contributed by atoms with Gasteiger partial charge in [0.25, 0.3) is 0 Å². The number of hydrogen-bond donors (Lipinski definition) is 1. The molecule has 3 aliphatic rings. The van der Waals surface area contributed by atoms with Crippen molar-refractivity contribution in [3.05, 3.63) is 0 Å². The molecule has 0 saturated carbocycles. The van der Waals surface area contributed by atoms with Gasteiger partial charge in [-0.2, -0.15) is 0 Å². The molecule has 3 atom stereocenters. The zero-order valence-electron chi connectivity index (χ0n) is 6.21. The van der Waals surface area contributed by atoms with Crippen LogP contribution in [0.3, 0.4) is 0 Å². The monoisotopic (exact) mass is 138 g/mol. The van der Waals surface area contributed by atoms with E-state index in [-0.39, 0.29) is 0 Å². The first kappa shape index (κ1) is 5.56. The number of nitrogens with zero attached hydrogens (tertiary/aromatic N) is 1. The van der Waals surface area contributed by atoms with Crippen molar-refractivity contribution in [1.82, 2.24) is 10.2 Å². The number of hydrogen-bond acceptors (Lipinski definition) is 2. The van der Waals surface area contributed by atoms with Crippen molar-refractivity contribution in [3.8, 4) is 0 Å². The number of nitrogens with one attached hydrogen (secondary N) is 1. The Morgan fingerprint density at radius 1 is 1.30 bits per heavy atom. The third-order valence-electron chi connectivity index (χ3n) is 3.49. The van der Waals surface area contributed by atoms with Crippen LogP contribution in [0.1, 0.15) is 12.8 Å². The number of rotatable bonds is 0. The smallest absolute Gasteiger partial charge is 0.0264 e. The molecule has 0 aromatic heterocycles. The lowest BCUT2D eigenvalue weighted by Crippen LogP contribution is -2.48. The molecular weight excluding hydrogens is 124 g/mol. The van der Waals surface area contributed by atoms with E-state index in [4.69, 9.17) is 0 Å². The van der Waals surface area contributed by atoms with Crippen LogP contribution in [-0.4, -0.2) is 36.6 Å². The van der Waals surface area contributed by atoms with Gasteiger partial charge in [-0.3, -0.25) is 4.90 Å². The summed E-state index contributed by atoms with van der Waals surface area (Å²) in [5.41, 5.74) is 0. The van der Waals surface area contributed by atoms with Crippen molar-refractivity contribution in [1.29, 1.82) is 0 Å². The second-order valence-electron chi connectivity index (χ2n) is 3.90. The van der Waals surface area contributed by atoms with Gasteiger partial charge in [-0.1, -0.05) is 0 Å². The van der Waals surface area contributed by atoms with Crippen molar-refractivity contribution in [2.45, 2.75) is 24.9 Å². The summed E-state index contributed by atoms with van der Waals surface area (Å²) < 4.78 is 0. The lowest BCUT2D eigenvalue weighted by molar-refractivity contribution is 0.0977. The standard InChI is InChI=1S/C8H14N2/c1-2-10-7(1)3-6-4-9-5-8(6)10/h6-9H,1-5H2/t6-,7+,8-/m1/s1. The Hall–Kier alpha value is -0.0800. The van der Waals surface area contributed by atoms with Gasteiger partial charge in [0.2, 0.25) is 0 Å². The minimum absolute atomic E-state index is 0.929. The molecule has 56 valence electrons. The van der Waals surface area contributed by atoms with Crippen molar-refractivity contribution in [2.75, 3.05) is 19.6 Å². The highest BCUT2D eigenvalue weighted by Crippen LogP contribution is 2.39. The quantitative estimate of drug-likeness (QED) is 0.509. The predicted molar refractivity (Wildman–Crippen MR) is 39.9 cm³/mol. The van der Waals surface area contributed by atoms with E-state index in [9.17, 15) is 0 Å². The van der Waals surface area contributed by atoms with E-state index in [0.717, 1.165) is 18.0 Å². The van der Waals surface area contributed by atoms with Crippen LogP contribution in [-0.2, 0) is 0 Å². The SMILES string of the molecule is C1NC[C@@H]2[C@@H]1C[C@@H]1CCN12. The molecule has 2 nitrogen and oxygen atoms in total. The van der Waals surface area contributed by atoms with Crippen LogP contribution in [0.5, 0.6) is 0 Å². The van der Waals surface area contributed by atoms with Crippen LogP contribution in [0.15, 0.2) is 0 Å². The molecule has 0 aromatic carbocycles. The average Bonchev–Trinajstić information content (AvgIpc) is 2.35. The highest BCUT2D eigenvalue weighted by Gasteiger charge is 2.47. The molecule has 3 saturated heterocycles. The summed E-state index contributed by atoms with van der Waals surface area (Å²) in [4.78, 5) is 2.70. The zero-order valence-corrected chi connectivity index (χ0v) is 6.21. The molecule has 0 radical (unpaired) electrons. The van der Waals surface area contributed by atoms with E-state index in [2.05, 4.69) is 10.2 Å². The van der Waals surface area contributed by atoms with E-state index in [0.29, 0.717) is 0 Å². The second-order valence-corrected chi connectivity index (χ2v) is 3.90. The van der Waals surface area contributed by atoms with Gasteiger partial charge >= 0.3 is 0 Å². The van der Waals surface area contributed by atoms with E-state index < -0.39 is 0 Å². The van der Waals surface area contributed by atoms with Crippen molar-refractivity contribution >= 4 is 0 Å². The molecule has 0 amide bonds. The lowest BCUT2D eigenvalue weighted by Gasteiger charge is -2.38. The minimum Gasteiger partial charge on any atom is -0.315 e. The first-order valence-electron chi connectivity index (χ1n) is 4.41. The maximum atomic E-state index is 3.47. The summed E-state index contributed by atoms with van der Waals surface area (Å²) in [6, 6.07) is 1.93. The molecule has 0 spiro atoms. The maximum Gasteiger partial charge on any atom is 0.0264 e. The van der Waals surface area contributed by atoms with Crippen LogP contribution in [0.25, 0.3) is 0 Å². The number of fused-ring (bicyclic) bond motifs is 3. The van der Waals surface area contributed by atoms with Gasteiger partial charge in [0.15, 0.2) is 0 Å². The Morgan fingerprint density at radius 3 is 3.10 bits per heavy atom. The van der Waals surface area contributed by atoms with E-state index >= 15 is 0 Å². The van der Waals surface area contributed by atoms with E-state index in [1.807, 2.05) is 0 Å². The van der Waals surface area contributed by atoms with Crippen molar-refractivity contribution < 1.29 is 0 Å². The molecule has 3 heterocycles. The van der Waals surface area contributed by atoms with E-state index in [1.165, 1.54) is 32.5 Å². The fourth-order valence-corrected chi connectivity index (χ4v) is 2.85. The summed E-state index contributed by atoms with van der Waals surface area (Å²) in [7, 11) is 0. The Labute approximate surface area is 61.6 Å².